The van der Waals surface area contributed by atoms with Crippen LogP contribution in [0.5, 0.6) is 0 Å². The Morgan fingerprint density at radius 1 is 1.17 bits per heavy atom. The van der Waals surface area contributed by atoms with Crippen molar-refractivity contribution in [1.29, 1.82) is 0 Å². The summed E-state index contributed by atoms with van der Waals surface area (Å²) in [7, 11) is 0. The van der Waals surface area contributed by atoms with Gasteiger partial charge in [-0.25, -0.2) is 9.59 Å². The van der Waals surface area contributed by atoms with E-state index in [1.165, 1.54) is 6.92 Å². The fourth-order valence-electron chi connectivity index (χ4n) is 1.41. The van der Waals surface area contributed by atoms with Gasteiger partial charge >= 0.3 is 11.9 Å². The third-order valence-electron chi connectivity index (χ3n) is 2.93. The first-order valence-electron chi connectivity index (χ1n) is 6.87. The molecule has 130 valence electrons. The summed E-state index contributed by atoms with van der Waals surface area (Å²) in [5.74, 6) is -1.87. The lowest BCUT2D eigenvalue weighted by molar-refractivity contribution is -0.180. The van der Waals surface area contributed by atoms with E-state index in [0.29, 0.717) is 0 Å². The van der Waals surface area contributed by atoms with Crippen molar-refractivity contribution in [2.45, 2.75) is 44.7 Å². The fourth-order valence-corrected chi connectivity index (χ4v) is 1.41. The van der Waals surface area contributed by atoms with E-state index in [4.69, 9.17) is 14.6 Å². The molecule has 0 unspecified atom stereocenters. The minimum Gasteiger partial charge on any atom is -0.452 e. The van der Waals surface area contributed by atoms with Crippen molar-refractivity contribution in [3.63, 3.8) is 0 Å². The van der Waals surface area contributed by atoms with Crippen molar-refractivity contribution in [2.24, 2.45) is 0 Å². The minimum absolute atomic E-state index is 0.0166. The molecule has 0 fully saturated rings. The molecule has 23 heavy (non-hydrogen) atoms. The zero-order chi connectivity index (χ0) is 18.2. The Kier molecular flexibility index (Phi) is 9.01. The molecule has 8 nitrogen and oxygen atoms in total. The van der Waals surface area contributed by atoms with Gasteiger partial charge in [0.25, 0.3) is 0 Å². The molecule has 0 bridgehead atoms. The van der Waals surface area contributed by atoms with Crippen molar-refractivity contribution in [1.82, 2.24) is 0 Å². The number of hydrogen-bond donors (Lipinski definition) is 3. The fraction of sp³-hybridized carbons (Fsp3) is 0.533. The van der Waals surface area contributed by atoms with Crippen molar-refractivity contribution in [2.75, 3.05) is 6.61 Å². The smallest absolute Gasteiger partial charge is 0.333 e. The molecule has 0 aromatic carbocycles. The van der Waals surface area contributed by atoms with Gasteiger partial charge in [0.05, 0.1) is 6.61 Å². The predicted molar refractivity (Wildman–Crippen MR) is 79.2 cm³/mol. The molecular weight excluding hydrogens is 308 g/mol. The Bertz CT molecular complexity index is 470. The van der Waals surface area contributed by atoms with E-state index >= 15 is 0 Å². The van der Waals surface area contributed by atoms with Gasteiger partial charge in [-0.3, -0.25) is 4.79 Å². The second-order valence-corrected chi connectivity index (χ2v) is 4.85. The van der Waals surface area contributed by atoms with E-state index in [1.807, 2.05) is 0 Å². The molecule has 0 saturated carbocycles. The van der Waals surface area contributed by atoms with Crippen LogP contribution in [0.1, 0.15) is 20.3 Å². The van der Waals surface area contributed by atoms with E-state index in [2.05, 4.69) is 13.2 Å². The van der Waals surface area contributed by atoms with Gasteiger partial charge < -0.3 is 24.8 Å². The summed E-state index contributed by atoms with van der Waals surface area (Å²) in [6.45, 7) is 8.90. The van der Waals surface area contributed by atoms with Crippen LogP contribution in [-0.2, 0) is 23.9 Å². The summed E-state index contributed by atoms with van der Waals surface area (Å²) < 4.78 is 9.71. The first-order valence-corrected chi connectivity index (χ1v) is 6.87. The number of aliphatic hydroxyl groups is 3. The van der Waals surface area contributed by atoms with Crippen molar-refractivity contribution in [3.8, 4) is 0 Å². The van der Waals surface area contributed by atoms with Crippen LogP contribution >= 0.6 is 0 Å². The molecule has 0 spiro atoms. The van der Waals surface area contributed by atoms with Crippen molar-refractivity contribution >= 4 is 18.2 Å². The van der Waals surface area contributed by atoms with E-state index in [0.717, 1.165) is 0 Å². The largest absolute Gasteiger partial charge is 0.452 e. The summed E-state index contributed by atoms with van der Waals surface area (Å²) in [5, 5.41) is 28.3. The number of hydrogen-bond acceptors (Lipinski definition) is 8. The van der Waals surface area contributed by atoms with Gasteiger partial charge in [-0.1, -0.05) is 20.1 Å². The maximum atomic E-state index is 11.8. The number of esters is 2. The van der Waals surface area contributed by atoms with Crippen LogP contribution in [0.2, 0.25) is 0 Å². The summed E-state index contributed by atoms with van der Waals surface area (Å²) in [6.07, 6.45) is -6.59. The zero-order valence-corrected chi connectivity index (χ0v) is 13.1. The van der Waals surface area contributed by atoms with E-state index in [-0.39, 0.29) is 23.9 Å². The number of carbonyl (C=O) groups is 3. The third kappa shape index (κ3) is 6.31. The molecule has 0 saturated heterocycles. The van der Waals surface area contributed by atoms with Gasteiger partial charge in [0, 0.05) is 11.1 Å². The Hall–Kier alpha value is -2.03. The van der Waals surface area contributed by atoms with Gasteiger partial charge in [0.1, 0.15) is 12.2 Å². The van der Waals surface area contributed by atoms with Crippen LogP contribution in [0.15, 0.2) is 24.3 Å². The van der Waals surface area contributed by atoms with Crippen LogP contribution in [0, 0.1) is 0 Å². The lowest BCUT2D eigenvalue weighted by Crippen LogP contribution is -2.50. The first-order chi connectivity index (χ1) is 10.7. The van der Waals surface area contributed by atoms with Gasteiger partial charge in [-0.2, -0.15) is 0 Å². The molecular formula is C15H22O8. The highest BCUT2D eigenvalue weighted by Gasteiger charge is 2.38. The Balaban J connectivity index is 5.40. The van der Waals surface area contributed by atoms with Crippen LogP contribution in [0.25, 0.3) is 0 Å². The number of aldehydes is 1. The van der Waals surface area contributed by atoms with Crippen LogP contribution in [-0.4, -0.2) is 64.6 Å². The average Bonchev–Trinajstić information content (AvgIpc) is 2.54. The van der Waals surface area contributed by atoms with Crippen molar-refractivity contribution < 1.29 is 39.2 Å². The lowest BCUT2D eigenvalue weighted by atomic mass is 10.0. The second-order valence-electron chi connectivity index (χ2n) is 4.85. The van der Waals surface area contributed by atoms with E-state index < -0.39 is 43.0 Å². The monoisotopic (exact) mass is 330 g/mol. The van der Waals surface area contributed by atoms with Gasteiger partial charge in [0.2, 0.25) is 0 Å². The lowest BCUT2D eigenvalue weighted by Gasteiger charge is -2.29. The molecule has 4 atom stereocenters. The van der Waals surface area contributed by atoms with Crippen LogP contribution in [0.3, 0.4) is 0 Å². The third-order valence-corrected chi connectivity index (χ3v) is 2.93. The molecule has 0 aliphatic carbocycles. The topological polar surface area (TPSA) is 130 Å². The summed E-state index contributed by atoms with van der Waals surface area (Å²) in [4.78, 5) is 34.5. The van der Waals surface area contributed by atoms with Gasteiger partial charge in [-0.15, -0.1) is 0 Å². The van der Waals surface area contributed by atoms with Crippen molar-refractivity contribution in [3.05, 3.63) is 24.3 Å². The van der Waals surface area contributed by atoms with Crippen LogP contribution in [0.4, 0.5) is 0 Å². The highest BCUT2D eigenvalue weighted by molar-refractivity contribution is 5.89. The van der Waals surface area contributed by atoms with Gasteiger partial charge in [0.15, 0.2) is 18.5 Å². The highest BCUT2D eigenvalue weighted by Crippen LogP contribution is 2.15. The molecule has 0 aromatic heterocycles. The minimum atomic E-state index is -1.86. The SMILES string of the molecule is C=C(C)C(=O)O[C@@H](C=O)[C@@H](OC(=O)C(=C)CC)[C@@H](O)[C@H](O)CO. The predicted octanol–water partition coefficient (Wildman–Crippen LogP) is -0.735. The standard InChI is InChI=1S/C15H22O8/c1-5-9(4)15(21)23-13(12(19)10(18)6-16)11(7-17)22-14(20)8(2)3/h7,10-13,16,18-19H,2,4-6H2,1,3H3/t10-,11+,12+,13-/m1/s1. The van der Waals surface area contributed by atoms with Crippen LogP contribution < -0.4 is 0 Å². The average molecular weight is 330 g/mol. The number of aliphatic hydroxyl groups excluding tert-OH is 3. The molecule has 3 N–H and O–H groups in total. The first kappa shape index (κ1) is 21.0. The normalized spacial score (nSPS) is 15.7. The molecule has 0 heterocycles. The molecule has 0 aromatic rings. The summed E-state index contributed by atoms with van der Waals surface area (Å²) in [5.41, 5.74) is 0.0358. The molecule has 0 aliphatic heterocycles. The highest BCUT2D eigenvalue weighted by atomic mass is 16.6. The summed E-state index contributed by atoms with van der Waals surface area (Å²) in [6, 6.07) is 0. The molecule has 0 amide bonds. The number of rotatable bonds is 10. The maximum Gasteiger partial charge on any atom is 0.333 e. The Morgan fingerprint density at radius 2 is 1.74 bits per heavy atom. The zero-order valence-electron chi connectivity index (χ0n) is 13.1. The second kappa shape index (κ2) is 9.88. The number of ether oxygens (including phenoxy) is 2. The quantitative estimate of drug-likeness (QED) is 0.271. The van der Waals surface area contributed by atoms with E-state index in [1.54, 1.807) is 6.92 Å². The number of carbonyl (C=O) groups excluding carboxylic acids is 3. The van der Waals surface area contributed by atoms with Gasteiger partial charge in [-0.05, 0) is 13.3 Å². The summed E-state index contributed by atoms with van der Waals surface area (Å²) >= 11 is 0. The maximum absolute atomic E-state index is 11.8. The molecule has 0 aliphatic rings. The Morgan fingerprint density at radius 3 is 2.13 bits per heavy atom. The molecule has 0 radical (unpaired) electrons. The van der Waals surface area contributed by atoms with E-state index in [9.17, 15) is 24.6 Å². The molecule has 8 heteroatoms. The molecule has 0 rings (SSSR count). The Labute approximate surface area is 134 Å².